The van der Waals surface area contributed by atoms with Crippen LogP contribution < -0.4 is 5.32 Å². The molecule has 0 saturated heterocycles. The number of rotatable bonds is 3. The van der Waals surface area contributed by atoms with Crippen molar-refractivity contribution >= 4 is 39.6 Å². The number of hydrogen-bond acceptors (Lipinski definition) is 4. The average Bonchev–Trinajstić information content (AvgIpc) is 2.98. The van der Waals surface area contributed by atoms with Gasteiger partial charge < -0.3 is 5.32 Å². The molecule has 5 heteroatoms. The fourth-order valence-corrected chi connectivity index (χ4v) is 2.84. The van der Waals surface area contributed by atoms with Gasteiger partial charge in [-0.2, -0.15) is 0 Å². The van der Waals surface area contributed by atoms with Crippen molar-refractivity contribution in [1.82, 2.24) is 4.98 Å². The Morgan fingerprint density at radius 1 is 1.05 bits per heavy atom. The van der Waals surface area contributed by atoms with Crippen LogP contribution in [0, 0.1) is 0 Å². The number of fused-ring (bicyclic) bond motifs is 1. The lowest BCUT2D eigenvalue weighted by Crippen LogP contribution is -2.10. The van der Waals surface area contributed by atoms with Gasteiger partial charge in [-0.25, -0.2) is 0 Å². The number of carbonyl (C=O) groups excluding carboxylic acids is 2. The Bertz CT molecular complexity index is 834. The first-order chi connectivity index (χ1) is 10.1. The van der Waals surface area contributed by atoms with Crippen LogP contribution >= 0.6 is 11.3 Å². The van der Waals surface area contributed by atoms with Gasteiger partial charge in [0.15, 0.2) is 5.78 Å². The number of nitrogens with zero attached hydrogens (tertiary/aromatic N) is 1. The summed E-state index contributed by atoms with van der Waals surface area (Å²) in [7, 11) is 0. The van der Waals surface area contributed by atoms with E-state index in [1.807, 2.05) is 30.3 Å². The van der Waals surface area contributed by atoms with E-state index in [1.54, 1.807) is 18.3 Å². The molecule has 2 aromatic heterocycles. The fraction of sp³-hybridized carbons (Fsp3) is 0.0625. The number of amides is 1. The Morgan fingerprint density at radius 2 is 1.86 bits per heavy atom. The summed E-state index contributed by atoms with van der Waals surface area (Å²) in [6.07, 6.45) is 1.71. The summed E-state index contributed by atoms with van der Waals surface area (Å²) >= 11 is 1.20. The Kier molecular flexibility index (Phi) is 3.50. The van der Waals surface area contributed by atoms with Crippen molar-refractivity contribution in [2.75, 3.05) is 5.32 Å². The first kappa shape index (κ1) is 13.5. The molecule has 0 spiro atoms. The van der Waals surface area contributed by atoms with Crippen LogP contribution in [0.25, 0.3) is 10.9 Å². The molecule has 1 N–H and O–H groups in total. The number of aromatic nitrogens is 1. The highest BCUT2D eigenvalue weighted by atomic mass is 32.1. The molecule has 2 heterocycles. The minimum atomic E-state index is -0.219. The van der Waals surface area contributed by atoms with E-state index in [4.69, 9.17) is 0 Å². The van der Waals surface area contributed by atoms with E-state index in [-0.39, 0.29) is 11.7 Å². The molecule has 0 aliphatic heterocycles. The molecule has 104 valence electrons. The summed E-state index contributed by atoms with van der Waals surface area (Å²) < 4.78 is 0. The topological polar surface area (TPSA) is 59.1 Å². The predicted molar refractivity (Wildman–Crippen MR) is 84.0 cm³/mol. The van der Waals surface area contributed by atoms with Gasteiger partial charge in [0.05, 0.1) is 21.0 Å². The number of hydrogen-bond donors (Lipinski definition) is 1. The Labute approximate surface area is 125 Å². The maximum atomic E-state index is 12.3. The lowest BCUT2D eigenvalue weighted by Gasteiger charge is -2.07. The second-order valence-electron chi connectivity index (χ2n) is 4.55. The highest BCUT2D eigenvalue weighted by Gasteiger charge is 2.12. The normalized spacial score (nSPS) is 10.5. The van der Waals surface area contributed by atoms with Crippen molar-refractivity contribution in [3.05, 3.63) is 58.4 Å². The summed E-state index contributed by atoms with van der Waals surface area (Å²) in [6.45, 7) is 1.49. The van der Waals surface area contributed by atoms with Crippen molar-refractivity contribution in [2.45, 2.75) is 6.92 Å². The van der Waals surface area contributed by atoms with Crippen molar-refractivity contribution < 1.29 is 9.59 Å². The number of ketones is 1. The number of carbonyl (C=O) groups is 2. The smallest absolute Gasteiger partial charge is 0.265 e. The molecule has 3 aromatic rings. The summed E-state index contributed by atoms with van der Waals surface area (Å²) in [4.78, 5) is 28.9. The average molecular weight is 296 g/mol. The van der Waals surface area contributed by atoms with Gasteiger partial charge in [0, 0.05) is 11.6 Å². The zero-order chi connectivity index (χ0) is 14.8. The van der Waals surface area contributed by atoms with Crippen LogP contribution in [-0.2, 0) is 0 Å². The number of nitrogens with one attached hydrogen (secondary N) is 1. The third-order valence-electron chi connectivity index (χ3n) is 3.07. The number of pyridine rings is 1. The second-order valence-corrected chi connectivity index (χ2v) is 5.63. The van der Waals surface area contributed by atoms with Gasteiger partial charge >= 0.3 is 0 Å². The monoisotopic (exact) mass is 296 g/mol. The highest BCUT2D eigenvalue weighted by molar-refractivity contribution is 7.16. The molecule has 0 radical (unpaired) electrons. The number of thiophene rings is 1. The first-order valence-electron chi connectivity index (χ1n) is 6.41. The Morgan fingerprint density at radius 3 is 2.62 bits per heavy atom. The van der Waals surface area contributed by atoms with Gasteiger partial charge in [-0.15, -0.1) is 11.3 Å². The van der Waals surface area contributed by atoms with Gasteiger partial charge in [-0.3, -0.25) is 14.6 Å². The molecule has 0 unspecified atom stereocenters. The first-order valence-corrected chi connectivity index (χ1v) is 7.22. The number of Topliss-reactive ketones (excluding diaryl/α,β-unsaturated/α-hetero) is 1. The van der Waals surface area contributed by atoms with Crippen LogP contribution in [0.15, 0.2) is 48.7 Å². The third kappa shape index (κ3) is 2.68. The van der Waals surface area contributed by atoms with Crippen molar-refractivity contribution in [2.24, 2.45) is 0 Å². The zero-order valence-electron chi connectivity index (χ0n) is 11.3. The summed E-state index contributed by atoms with van der Waals surface area (Å²) in [5, 5.41) is 3.76. The molecular formula is C16H12N2O2S. The van der Waals surface area contributed by atoms with Crippen LogP contribution in [0.1, 0.15) is 26.3 Å². The van der Waals surface area contributed by atoms with Crippen LogP contribution in [0.5, 0.6) is 0 Å². The molecule has 3 rings (SSSR count). The Balaban J connectivity index is 1.91. The van der Waals surface area contributed by atoms with Crippen LogP contribution in [0.2, 0.25) is 0 Å². The molecule has 0 fully saturated rings. The molecule has 0 aliphatic rings. The third-order valence-corrected chi connectivity index (χ3v) is 4.26. The van der Waals surface area contributed by atoms with Crippen LogP contribution in [-0.4, -0.2) is 16.7 Å². The molecular weight excluding hydrogens is 284 g/mol. The lowest BCUT2D eigenvalue weighted by molar-refractivity contribution is 0.101. The lowest BCUT2D eigenvalue weighted by atomic mass is 10.2. The number of anilines is 1. The van der Waals surface area contributed by atoms with E-state index in [2.05, 4.69) is 10.3 Å². The zero-order valence-corrected chi connectivity index (χ0v) is 12.1. The molecule has 0 aliphatic carbocycles. The summed E-state index contributed by atoms with van der Waals surface area (Å²) in [5.41, 5.74) is 1.54. The molecule has 4 nitrogen and oxygen atoms in total. The van der Waals surface area contributed by atoms with E-state index in [0.29, 0.717) is 15.4 Å². The minimum absolute atomic E-state index is 0.0339. The van der Waals surface area contributed by atoms with E-state index < -0.39 is 0 Å². The largest absolute Gasteiger partial charge is 0.321 e. The molecule has 1 amide bonds. The van der Waals surface area contributed by atoms with E-state index >= 15 is 0 Å². The van der Waals surface area contributed by atoms with Crippen molar-refractivity contribution in [3.8, 4) is 0 Å². The SMILES string of the molecule is CC(=O)c1ccc(C(=O)Nc2cccc3ncccc23)s1. The van der Waals surface area contributed by atoms with Gasteiger partial charge in [-0.1, -0.05) is 6.07 Å². The van der Waals surface area contributed by atoms with Gasteiger partial charge in [-0.05, 0) is 43.3 Å². The van der Waals surface area contributed by atoms with E-state index in [1.165, 1.54) is 18.3 Å². The molecule has 1 aromatic carbocycles. The van der Waals surface area contributed by atoms with Gasteiger partial charge in [0.1, 0.15) is 0 Å². The van der Waals surface area contributed by atoms with Crippen molar-refractivity contribution in [1.29, 1.82) is 0 Å². The standard InChI is InChI=1S/C16H12N2O2S/c1-10(19)14-7-8-15(21-14)16(20)18-13-6-2-5-12-11(13)4-3-9-17-12/h2-9H,1H3,(H,18,20). The predicted octanol–water partition coefficient (Wildman–Crippen LogP) is 3.75. The number of benzene rings is 1. The second kappa shape index (κ2) is 5.46. The van der Waals surface area contributed by atoms with E-state index in [0.717, 1.165) is 10.9 Å². The van der Waals surface area contributed by atoms with Crippen LogP contribution in [0.3, 0.4) is 0 Å². The maximum Gasteiger partial charge on any atom is 0.265 e. The molecule has 0 bridgehead atoms. The minimum Gasteiger partial charge on any atom is -0.321 e. The quantitative estimate of drug-likeness (QED) is 0.749. The fourth-order valence-electron chi connectivity index (χ4n) is 2.05. The van der Waals surface area contributed by atoms with E-state index in [9.17, 15) is 9.59 Å². The van der Waals surface area contributed by atoms with Gasteiger partial charge in [0.25, 0.3) is 5.91 Å². The van der Waals surface area contributed by atoms with Gasteiger partial charge in [0.2, 0.25) is 0 Å². The highest BCUT2D eigenvalue weighted by Crippen LogP contribution is 2.23. The maximum absolute atomic E-state index is 12.3. The summed E-state index contributed by atoms with van der Waals surface area (Å²) in [5.74, 6) is -0.253. The van der Waals surface area contributed by atoms with Crippen molar-refractivity contribution in [3.63, 3.8) is 0 Å². The van der Waals surface area contributed by atoms with Crippen LogP contribution in [0.4, 0.5) is 5.69 Å². The molecule has 0 atom stereocenters. The summed E-state index contributed by atoms with van der Waals surface area (Å²) in [6, 6.07) is 12.7. The molecule has 0 saturated carbocycles. The Hall–Kier alpha value is -2.53. The molecule has 21 heavy (non-hydrogen) atoms.